The van der Waals surface area contributed by atoms with Gasteiger partial charge in [-0.3, -0.25) is 0 Å². The van der Waals surface area contributed by atoms with Gasteiger partial charge in [0.25, 0.3) is 0 Å². The van der Waals surface area contributed by atoms with Crippen LogP contribution in [0.4, 0.5) is 0 Å². The number of phenolic OH excluding ortho intramolecular Hbond substituents is 3. The lowest BCUT2D eigenvalue weighted by Gasteiger charge is -2.21. The van der Waals surface area contributed by atoms with E-state index in [1.54, 1.807) is 0 Å². The Kier molecular flexibility index (Phi) is 4.14. The van der Waals surface area contributed by atoms with E-state index in [1.807, 2.05) is 0 Å². The van der Waals surface area contributed by atoms with Crippen molar-refractivity contribution in [1.29, 1.82) is 0 Å². The summed E-state index contributed by atoms with van der Waals surface area (Å²) >= 11 is 0. The van der Waals surface area contributed by atoms with Gasteiger partial charge in [0, 0.05) is 0 Å². The number of benzene rings is 1. The number of rotatable bonds is 3. The van der Waals surface area contributed by atoms with E-state index < -0.39 is 23.2 Å². The van der Waals surface area contributed by atoms with Gasteiger partial charge in [-0.05, 0) is 30.9 Å². The second kappa shape index (κ2) is 5.82. The molecule has 0 bridgehead atoms. The monoisotopic (exact) mass is 266 g/mol. The topological polar surface area (TPSA) is 87.0 Å². The maximum absolute atomic E-state index is 11.8. The maximum Gasteiger partial charge on any atom is 0.338 e. The van der Waals surface area contributed by atoms with Crippen LogP contribution in [-0.2, 0) is 4.74 Å². The predicted octanol–water partition coefficient (Wildman–Crippen LogP) is 2.54. The van der Waals surface area contributed by atoms with E-state index in [0.29, 0.717) is 12.5 Å². The minimum absolute atomic E-state index is 0.0311. The highest BCUT2D eigenvalue weighted by Gasteiger charge is 2.18. The molecule has 1 fully saturated rings. The molecule has 0 spiro atoms. The van der Waals surface area contributed by atoms with Crippen molar-refractivity contribution in [3.05, 3.63) is 17.7 Å². The summed E-state index contributed by atoms with van der Waals surface area (Å²) in [5, 5.41) is 27.9. The summed E-state index contributed by atoms with van der Waals surface area (Å²) in [6.07, 6.45) is 5.72. The van der Waals surface area contributed by atoms with E-state index in [9.17, 15) is 20.1 Å². The number of hydrogen-bond donors (Lipinski definition) is 3. The fourth-order valence-corrected chi connectivity index (χ4v) is 2.35. The molecule has 1 aromatic carbocycles. The smallest absolute Gasteiger partial charge is 0.338 e. The van der Waals surface area contributed by atoms with E-state index >= 15 is 0 Å². The zero-order chi connectivity index (χ0) is 13.8. The molecule has 0 amide bonds. The summed E-state index contributed by atoms with van der Waals surface area (Å²) in [6.45, 7) is 0.362. The van der Waals surface area contributed by atoms with Gasteiger partial charge in [-0.1, -0.05) is 19.3 Å². The van der Waals surface area contributed by atoms with Crippen LogP contribution in [0.5, 0.6) is 17.2 Å². The second-order valence-electron chi connectivity index (χ2n) is 4.97. The molecule has 0 heterocycles. The molecule has 5 nitrogen and oxygen atoms in total. The summed E-state index contributed by atoms with van der Waals surface area (Å²) < 4.78 is 5.17. The molecule has 19 heavy (non-hydrogen) atoms. The van der Waals surface area contributed by atoms with Gasteiger partial charge in [-0.2, -0.15) is 0 Å². The third-order valence-electron chi connectivity index (χ3n) is 3.48. The fourth-order valence-electron chi connectivity index (χ4n) is 2.35. The average molecular weight is 266 g/mol. The molecule has 0 radical (unpaired) electrons. The Labute approximate surface area is 111 Å². The molecule has 5 heteroatoms. The molecule has 1 saturated carbocycles. The molecular formula is C14H18O5. The third kappa shape index (κ3) is 3.30. The number of hydrogen-bond acceptors (Lipinski definition) is 5. The Hall–Kier alpha value is -1.91. The summed E-state index contributed by atoms with van der Waals surface area (Å²) in [4.78, 5) is 11.8. The van der Waals surface area contributed by atoms with Gasteiger partial charge >= 0.3 is 5.97 Å². The molecule has 0 atom stereocenters. The SMILES string of the molecule is O=C(OCC1CCCCC1)c1cc(O)c(O)c(O)c1. The van der Waals surface area contributed by atoms with Gasteiger partial charge in [0.05, 0.1) is 12.2 Å². The van der Waals surface area contributed by atoms with Crippen LogP contribution in [0, 0.1) is 5.92 Å². The average Bonchev–Trinajstić information content (AvgIpc) is 2.42. The standard InChI is InChI=1S/C14H18O5/c15-11-6-10(7-12(16)13(11)17)14(18)19-8-9-4-2-1-3-5-9/h6-7,9,15-17H,1-5,8H2. The lowest BCUT2D eigenvalue weighted by Crippen LogP contribution is -2.16. The van der Waals surface area contributed by atoms with Crippen LogP contribution in [-0.4, -0.2) is 27.9 Å². The fraction of sp³-hybridized carbons (Fsp3) is 0.500. The second-order valence-corrected chi connectivity index (χ2v) is 4.97. The number of carbonyl (C=O) groups is 1. The molecule has 104 valence electrons. The summed E-state index contributed by atoms with van der Waals surface area (Å²) in [5.74, 6) is -1.91. The minimum atomic E-state index is -0.635. The van der Waals surface area contributed by atoms with Crippen LogP contribution in [0.3, 0.4) is 0 Å². The maximum atomic E-state index is 11.8. The molecule has 1 aromatic rings. The Bertz CT molecular complexity index is 440. The highest BCUT2D eigenvalue weighted by atomic mass is 16.5. The Morgan fingerprint density at radius 2 is 1.68 bits per heavy atom. The first kappa shape index (κ1) is 13.5. The van der Waals surface area contributed by atoms with Crippen LogP contribution in [0.2, 0.25) is 0 Å². The van der Waals surface area contributed by atoms with Crippen molar-refractivity contribution in [2.45, 2.75) is 32.1 Å². The first-order valence-corrected chi connectivity index (χ1v) is 6.50. The van der Waals surface area contributed by atoms with Crippen molar-refractivity contribution in [1.82, 2.24) is 0 Å². The third-order valence-corrected chi connectivity index (χ3v) is 3.48. The van der Waals surface area contributed by atoms with E-state index in [4.69, 9.17) is 4.74 Å². The normalized spacial score (nSPS) is 16.2. The zero-order valence-electron chi connectivity index (χ0n) is 10.6. The van der Waals surface area contributed by atoms with Crippen molar-refractivity contribution < 1.29 is 24.9 Å². The van der Waals surface area contributed by atoms with Gasteiger partial charge in [-0.25, -0.2) is 4.79 Å². The first-order chi connectivity index (χ1) is 9.08. The van der Waals surface area contributed by atoms with Gasteiger partial charge in [0.2, 0.25) is 0 Å². The predicted molar refractivity (Wildman–Crippen MR) is 68.3 cm³/mol. The summed E-state index contributed by atoms with van der Waals surface area (Å²) in [6, 6.07) is 2.16. The van der Waals surface area contributed by atoms with Crippen LogP contribution >= 0.6 is 0 Å². The van der Waals surface area contributed by atoms with E-state index in [-0.39, 0.29) is 5.56 Å². The number of ether oxygens (including phenoxy) is 1. The first-order valence-electron chi connectivity index (χ1n) is 6.50. The van der Waals surface area contributed by atoms with Crippen molar-refractivity contribution in [2.75, 3.05) is 6.61 Å². The van der Waals surface area contributed by atoms with Crippen LogP contribution in [0.1, 0.15) is 42.5 Å². The van der Waals surface area contributed by atoms with Gasteiger partial charge in [0.1, 0.15) is 0 Å². The molecule has 0 aliphatic heterocycles. The van der Waals surface area contributed by atoms with Crippen LogP contribution in [0.15, 0.2) is 12.1 Å². The lowest BCUT2D eigenvalue weighted by atomic mass is 9.90. The number of aromatic hydroxyl groups is 3. The zero-order valence-corrected chi connectivity index (χ0v) is 10.6. The molecule has 0 aromatic heterocycles. The highest BCUT2D eigenvalue weighted by Crippen LogP contribution is 2.35. The van der Waals surface area contributed by atoms with Gasteiger partial charge < -0.3 is 20.1 Å². The molecule has 0 unspecified atom stereocenters. The van der Waals surface area contributed by atoms with E-state index in [0.717, 1.165) is 25.0 Å². The summed E-state index contributed by atoms with van der Waals surface area (Å²) in [7, 11) is 0. The molecule has 2 rings (SSSR count). The quantitative estimate of drug-likeness (QED) is 0.578. The Balaban J connectivity index is 1.96. The molecular weight excluding hydrogens is 248 g/mol. The van der Waals surface area contributed by atoms with Crippen molar-refractivity contribution in [3.8, 4) is 17.2 Å². The minimum Gasteiger partial charge on any atom is -0.504 e. The lowest BCUT2D eigenvalue weighted by molar-refractivity contribution is 0.0409. The summed E-state index contributed by atoms with van der Waals surface area (Å²) in [5.41, 5.74) is 0.0311. The van der Waals surface area contributed by atoms with Crippen LogP contribution in [0.25, 0.3) is 0 Å². The van der Waals surface area contributed by atoms with Gasteiger partial charge in [0.15, 0.2) is 17.2 Å². The van der Waals surface area contributed by atoms with Crippen molar-refractivity contribution in [3.63, 3.8) is 0 Å². The van der Waals surface area contributed by atoms with Crippen LogP contribution < -0.4 is 0 Å². The van der Waals surface area contributed by atoms with E-state index in [2.05, 4.69) is 0 Å². The Morgan fingerprint density at radius 1 is 1.11 bits per heavy atom. The largest absolute Gasteiger partial charge is 0.504 e. The van der Waals surface area contributed by atoms with Gasteiger partial charge in [-0.15, -0.1) is 0 Å². The van der Waals surface area contributed by atoms with Crippen molar-refractivity contribution in [2.24, 2.45) is 5.92 Å². The van der Waals surface area contributed by atoms with Crippen molar-refractivity contribution >= 4 is 5.97 Å². The highest BCUT2D eigenvalue weighted by molar-refractivity contribution is 5.91. The molecule has 3 N–H and O–H groups in total. The Morgan fingerprint density at radius 3 is 2.26 bits per heavy atom. The molecule has 1 aliphatic carbocycles. The van der Waals surface area contributed by atoms with E-state index in [1.165, 1.54) is 19.3 Å². The number of esters is 1. The molecule has 0 saturated heterocycles. The number of phenols is 3. The molecule has 1 aliphatic rings. The number of carbonyl (C=O) groups excluding carboxylic acids is 1.